The Morgan fingerprint density at radius 3 is 2.43 bits per heavy atom. The van der Waals surface area contributed by atoms with E-state index in [0.717, 1.165) is 19.0 Å². The number of hydrogen-bond acceptors (Lipinski definition) is 3. The van der Waals surface area contributed by atoms with Crippen molar-refractivity contribution in [3.8, 4) is 0 Å². The second-order valence-corrected chi connectivity index (χ2v) is 6.76. The monoisotopic (exact) mass is 437 g/mol. The summed E-state index contributed by atoms with van der Waals surface area (Å²) in [6, 6.07) is 1.20. The van der Waals surface area contributed by atoms with Crippen LogP contribution in [0.15, 0.2) is 4.99 Å². The molecule has 136 valence electrons. The molecule has 0 aromatic heterocycles. The fraction of sp³-hybridized carbons (Fsp3) is 0.941. The van der Waals surface area contributed by atoms with Gasteiger partial charge in [-0.2, -0.15) is 0 Å². The second-order valence-electron chi connectivity index (χ2n) is 6.76. The summed E-state index contributed by atoms with van der Waals surface area (Å²) in [5.74, 6) is 1.01. The highest BCUT2D eigenvalue weighted by Gasteiger charge is 2.22. The van der Waals surface area contributed by atoms with Gasteiger partial charge in [0.15, 0.2) is 5.96 Å². The molecule has 0 aliphatic carbocycles. The first kappa shape index (κ1) is 21.0. The molecule has 6 heteroatoms. The molecule has 0 aromatic carbocycles. The Kier molecular flexibility index (Phi) is 10.5. The third-order valence-corrected chi connectivity index (χ3v) is 4.94. The van der Waals surface area contributed by atoms with Gasteiger partial charge < -0.3 is 20.4 Å². The van der Waals surface area contributed by atoms with Crippen LogP contribution in [-0.4, -0.2) is 74.2 Å². The van der Waals surface area contributed by atoms with Crippen LogP contribution >= 0.6 is 24.0 Å². The van der Waals surface area contributed by atoms with Crippen molar-refractivity contribution in [2.45, 2.75) is 58.0 Å². The number of likely N-dealkylation sites (tertiary alicyclic amines) is 2. The molecular formula is C17H36IN5. The van der Waals surface area contributed by atoms with Crippen molar-refractivity contribution in [3.63, 3.8) is 0 Å². The van der Waals surface area contributed by atoms with Crippen LogP contribution in [0.5, 0.6) is 0 Å². The third kappa shape index (κ3) is 7.13. The molecule has 0 saturated carbocycles. The number of hydrogen-bond donors (Lipinski definition) is 2. The summed E-state index contributed by atoms with van der Waals surface area (Å²) in [4.78, 5) is 9.85. The molecule has 2 aliphatic rings. The van der Waals surface area contributed by atoms with E-state index in [-0.39, 0.29) is 24.0 Å². The van der Waals surface area contributed by atoms with E-state index in [1.54, 1.807) is 0 Å². The van der Waals surface area contributed by atoms with E-state index >= 15 is 0 Å². The molecular weight excluding hydrogens is 401 g/mol. The fourth-order valence-corrected chi connectivity index (χ4v) is 3.54. The molecule has 2 heterocycles. The minimum Gasteiger partial charge on any atom is -0.357 e. The number of nitrogens with zero attached hydrogens (tertiary/aromatic N) is 3. The summed E-state index contributed by atoms with van der Waals surface area (Å²) in [5, 5.41) is 7.06. The summed E-state index contributed by atoms with van der Waals surface area (Å²) < 4.78 is 0. The first-order valence-electron chi connectivity index (χ1n) is 9.20. The van der Waals surface area contributed by atoms with Gasteiger partial charge in [-0.1, -0.05) is 6.92 Å². The van der Waals surface area contributed by atoms with Crippen molar-refractivity contribution >= 4 is 29.9 Å². The molecule has 0 radical (unpaired) electrons. The topological polar surface area (TPSA) is 42.9 Å². The first-order valence-corrected chi connectivity index (χ1v) is 9.20. The highest BCUT2D eigenvalue weighted by molar-refractivity contribution is 14.0. The van der Waals surface area contributed by atoms with Crippen molar-refractivity contribution in [3.05, 3.63) is 0 Å². The zero-order valence-electron chi connectivity index (χ0n) is 15.2. The van der Waals surface area contributed by atoms with Gasteiger partial charge in [0.05, 0.1) is 6.54 Å². The Morgan fingerprint density at radius 1 is 1.13 bits per heavy atom. The van der Waals surface area contributed by atoms with Crippen LogP contribution in [0.4, 0.5) is 0 Å². The lowest BCUT2D eigenvalue weighted by atomic mass is 10.1. The summed E-state index contributed by atoms with van der Waals surface area (Å²) in [6.45, 7) is 11.2. The van der Waals surface area contributed by atoms with Crippen LogP contribution < -0.4 is 10.6 Å². The predicted molar refractivity (Wildman–Crippen MR) is 110 cm³/mol. The van der Waals surface area contributed by atoms with Gasteiger partial charge in [0.25, 0.3) is 0 Å². The van der Waals surface area contributed by atoms with Crippen molar-refractivity contribution in [1.82, 2.24) is 20.4 Å². The third-order valence-electron chi connectivity index (χ3n) is 4.94. The predicted octanol–water partition coefficient (Wildman–Crippen LogP) is 2.13. The zero-order valence-corrected chi connectivity index (χ0v) is 17.5. The van der Waals surface area contributed by atoms with Crippen LogP contribution in [0.25, 0.3) is 0 Å². The lowest BCUT2D eigenvalue weighted by molar-refractivity contribution is 0.206. The van der Waals surface area contributed by atoms with Gasteiger partial charge in [0.1, 0.15) is 0 Å². The largest absolute Gasteiger partial charge is 0.357 e. The Balaban J connectivity index is 0.00000264. The molecule has 0 amide bonds. The van der Waals surface area contributed by atoms with Crippen LogP contribution in [0.1, 0.15) is 46.0 Å². The average molecular weight is 437 g/mol. The van der Waals surface area contributed by atoms with Crippen LogP contribution in [0.3, 0.4) is 0 Å². The molecule has 1 atom stereocenters. The summed E-state index contributed by atoms with van der Waals surface area (Å²) in [7, 11) is 2.22. The van der Waals surface area contributed by atoms with E-state index < -0.39 is 0 Å². The molecule has 0 spiro atoms. The standard InChI is InChI=1S/C17H35N5.HI/c1-4-10-22-12-8-15(9-13-22)20-17(18-5-2)19-14-16-7-6-11-21(16)3;/h15-16H,4-14H2,1-3H3,(H2,18,19,20);1H. The maximum atomic E-state index is 4.83. The number of halogens is 1. The van der Waals surface area contributed by atoms with Gasteiger partial charge in [-0.15, -0.1) is 24.0 Å². The number of likely N-dealkylation sites (N-methyl/N-ethyl adjacent to an activating group) is 1. The van der Waals surface area contributed by atoms with Crippen molar-refractivity contribution in [2.75, 3.05) is 46.3 Å². The highest BCUT2D eigenvalue weighted by Crippen LogP contribution is 2.15. The van der Waals surface area contributed by atoms with Gasteiger partial charge in [-0.3, -0.25) is 4.99 Å². The zero-order chi connectivity index (χ0) is 15.8. The number of nitrogens with one attached hydrogen (secondary N) is 2. The second kappa shape index (κ2) is 11.5. The van der Waals surface area contributed by atoms with Crippen LogP contribution in [0.2, 0.25) is 0 Å². The maximum absolute atomic E-state index is 4.83. The van der Waals surface area contributed by atoms with Gasteiger partial charge in [-0.25, -0.2) is 0 Å². The Labute approximate surface area is 159 Å². The van der Waals surface area contributed by atoms with E-state index in [9.17, 15) is 0 Å². The van der Waals surface area contributed by atoms with Gasteiger partial charge in [0, 0.05) is 31.7 Å². The molecule has 2 aliphatic heterocycles. The lowest BCUT2D eigenvalue weighted by Gasteiger charge is -2.33. The van der Waals surface area contributed by atoms with E-state index in [1.807, 2.05) is 0 Å². The number of rotatable bonds is 6. The molecule has 0 bridgehead atoms. The minimum absolute atomic E-state index is 0. The van der Waals surface area contributed by atoms with Gasteiger partial charge in [0.2, 0.25) is 0 Å². The van der Waals surface area contributed by atoms with Gasteiger partial charge >= 0.3 is 0 Å². The molecule has 2 fully saturated rings. The number of guanidine groups is 1. The Morgan fingerprint density at radius 2 is 1.87 bits per heavy atom. The maximum Gasteiger partial charge on any atom is 0.191 e. The van der Waals surface area contributed by atoms with Crippen molar-refractivity contribution < 1.29 is 0 Å². The molecule has 1 unspecified atom stereocenters. The Hall–Kier alpha value is -0.0800. The summed E-state index contributed by atoms with van der Waals surface area (Å²) >= 11 is 0. The fourth-order valence-electron chi connectivity index (χ4n) is 3.54. The molecule has 2 saturated heterocycles. The Bertz CT molecular complexity index is 342. The van der Waals surface area contributed by atoms with Crippen molar-refractivity contribution in [1.29, 1.82) is 0 Å². The SMILES string of the molecule is CCCN1CCC(NC(=NCC2CCCN2C)NCC)CC1.I. The number of aliphatic imine (C=N–C) groups is 1. The van der Waals surface area contributed by atoms with E-state index in [0.29, 0.717) is 12.1 Å². The average Bonchev–Trinajstić information content (AvgIpc) is 2.92. The summed E-state index contributed by atoms with van der Waals surface area (Å²) in [5.41, 5.74) is 0. The number of piperidine rings is 1. The van der Waals surface area contributed by atoms with E-state index in [2.05, 4.69) is 41.3 Å². The highest BCUT2D eigenvalue weighted by atomic mass is 127. The smallest absolute Gasteiger partial charge is 0.191 e. The first-order chi connectivity index (χ1) is 10.7. The van der Waals surface area contributed by atoms with Crippen LogP contribution in [-0.2, 0) is 0 Å². The van der Waals surface area contributed by atoms with E-state index in [1.165, 1.54) is 58.3 Å². The lowest BCUT2D eigenvalue weighted by Crippen LogP contribution is -2.49. The van der Waals surface area contributed by atoms with Gasteiger partial charge in [-0.05, 0) is 59.2 Å². The van der Waals surface area contributed by atoms with E-state index in [4.69, 9.17) is 4.99 Å². The van der Waals surface area contributed by atoms with Crippen LogP contribution in [0, 0.1) is 0 Å². The molecule has 23 heavy (non-hydrogen) atoms. The molecule has 2 N–H and O–H groups in total. The summed E-state index contributed by atoms with van der Waals surface area (Å²) in [6.07, 6.45) is 6.32. The molecule has 2 rings (SSSR count). The normalized spacial score (nSPS) is 24.5. The molecule has 5 nitrogen and oxygen atoms in total. The quantitative estimate of drug-likeness (QED) is 0.380. The van der Waals surface area contributed by atoms with Crippen molar-refractivity contribution in [2.24, 2.45) is 4.99 Å². The minimum atomic E-state index is 0. The molecule has 0 aromatic rings.